The largest absolute Gasteiger partial charge is 0.469 e. The zero-order chi connectivity index (χ0) is 14.3. The second-order valence-electron chi connectivity index (χ2n) is 4.95. The van der Waals surface area contributed by atoms with E-state index >= 15 is 0 Å². The summed E-state index contributed by atoms with van der Waals surface area (Å²) in [7, 11) is 3.85. The van der Waals surface area contributed by atoms with Gasteiger partial charge >= 0.3 is 0 Å². The summed E-state index contributed by atoms with van der Waals surface area (Å²) < 4.78 is 5.26. The molecule has 0 aromatic carbocycles. The molecular formula is C14H25N3O2. The molecular weight excluding hydrogens is 242 g/mol. The summed E-state index contributed by atoms with van der Waals surface area (Å²) >= 11 is 0. The minimum atomic E-state index is 0.171. The van der Waals surface area contributed by atoms with Crippen LogP contribution in [0.3, 0.4) is 0 Å². The van der Waals surface area contributed by atoms with Crippen molar-refractivity contribution < 1.29 is 9.21 Å². The van der Waals surface area contributed by atoms with E-state index in [4.69, 9.17) is 10.2 Å². The van der Waals surface area contributed by atoms with Crippen molar-refractivity contribution >= 4 is 5.91 Å². The Bertz CT molecular complexity index is 390. The number of nitrogens with zero attached hydrogens (tertiary/aromatic N) is 2. The first kappa shape index (κ1) is 15.7. The number of hydrogen-bond acceptors (Lipinski definition) is 4. The zero-order valence-corrected chi connectivity index (χ0v) is 12.2. The monoisotopic (exact) mass is 267 g/mol. The molecule has 2 N–H and O–H groups in total. The van der Waals surface area contributed by atoms with Crippen LogP contribution in [-0.2, 0) is 11.3 Å². The van der Waals surface area contributed by atoms with Crippen molar-refractivity contribution in [3.8, 4) is 0 Å². The molecule has 19 heavy (non-hydrogen) atoms. The number of aryl methyl sites for hydroxylation is 1. The SMILES string of the molecule is Cc1occc1CN(C)CCC(=O)N(C)CCCN. The van der Waals surface area contributed by atoms with Gasteiger partial charge in [0.05, 0.1) is 6.26 Å². The average Bonchev–Trinajstić information content (AvgIpc) is 2.78. The van der Waals surface area contributed by atoms with Gasteiger partial charge in [0.1, 0.15) is 5.76 Å². The molecule has 1 aromatic heterocycles. The molecule has 1 heterocycles. The molecule has 0 fully saturated rings. The van der Waals surface area contributed by atoms with Gasteiger partial charge in [0, 0.05) is 38.7 Å². The number of nitrogens with two attached hydrogens (primary N) is 1. The Labute approximate surface area is 115 Å². The van der Waals surface area contributed by atoms with Crippen LogP contribution in [0, 0.1) is 6.92 Å². The molecule has 0 aliphatic carbocycles. The van der Waals surface area contributed by atoms with Gasteiger partial charge in [-0.3, -0.25) is 4.79 Å². The van der Waals surface area contributed by atoms with Gasteiger partial charge in [-0.1, -0.05) is 0 Å². The van der Waals surface area contributed by atoms with Gasteiger partial charge in [0.25, 0.3) is 0 Å². The third kappa shape index (κ3) is 5.44. The lowest BCUT2D eigenvalue weighted by Crippen LogP contribution is -2.32. The molecule has 0 spiro atoms. The van der Waals surface area contributed by atoms with Crippen molar-refractivity contribution in [3.63, 3.8) is 0 Å². The first-order valence-electron chi connectivity index (χ1n) is 6.70. The normalized spacial score (nSPS) is 11.0. The van der Waals surface area contributed by atoms with E-state index in [0.717, 1.165) is 31.8 Å². The first-order valence-corrected chi connectivity index (χ1v) is 6.70. The van der Waals surface area contributed by atoms with Gasteiger partial charge < -0.3 is 20.0 Å². The number of amides is 1. The van der Waals surface area contributed by atoms with Crippen LogP contribution < -0.4 is 5.73 Å². The minimum Gasteiger partial charge on any atom is -0.469 e. The number of rotatable bonds is 8. The Balaban J connectivity index is 2.28. The van der Waals surface area contributed by atoms with E-state index in [1.165, 1.54) is 5.56 Å². The lowest BCUT2D eigenvalue weighted by Gasteiger charge is -2.20. The Morgan fingerprint density at radius 3 is 2.68 bits per heavy atom. The highest BCUT2D eigenvalue weighted by atomic mass is 16.3. The van der Waals surface area contributed by atoms with Gasteiger partial charge in [-0.15, -0.1) is 0 Å². The molecule has 0 atom stereocenters. The van der Waals surface area contributed by atoms with Crippen molar-refractivity contribution in [2.75, 3.05) is 33.7 Å². The Hall–Kier alpha value is -1.33. The summed E-state index contributed by atoms with van der Waals surface area (Å²) in [6, 6.07) is 1.97. The van der Waals surface area contributed by atoms with Gasteiger partial charge in [0.2, 0.25) is 5.91 Å². The van der Waals surface area contributed by atoms with Crippen molar-refractivity contribution in [3.05, 3.63) is 23.7 Å². The minimum absolute atomic E-state index is 0.171. The summed E-state index contributed by atoms with van der Waals surface area (Å²) in [4.78, 5) is 15.7. The summed E-state index contributed by atoms with van der Waals surface area (Å²) in [6.45, 7) is 4.87. The summed E-state index contributed by atoms with van der Waals surface area (Å²) in [6.07, 6.45) is 3.09. The van der Waals surface area contributed by atoms with Crippen molar-refractivity contribution in [2.24, 2.45) is 5.73 Å². The molecule has 1 rings (SSSR count). The predicted octanol–water partition coefficient (Wildman–Crippen LogP) is 1.22. The van der Waals surface area contributed by atoms with Crippen LogP contribution >= 0.6 is 0 Å². The lowest BCUT2D eigenvalue weighted by atomic mass is 10.2. The molecule has 0 aliphatic heterocycles. The maximum Gasteiger partial charge on any atom is 0.223 e. The molecule has 1 aromatic rings. The van der Waals surface area contributed by atoms with Crippen LogP contribution in [0.15, 0.2) is 16.7 Å². The van der Waals surface area contributed by atoms with Crippen LogP contribution in [0.25, 0.3) is 0 Å². The second-order valence-corrected chi connectivity index (χ2v) is 4.95. The standard InChI is InChI=1S/C14H25N3O2/c1-12-13(6-10-19-12)11-16(2)9-5-14(18)17(3)8-4-7-15/h6,10H,4-5,7-9,11,15H2,1-3H3. The molecule has 0 aliphatic rings. The van der Waals surface area contributed by atoms with Crippen LogP contribution in [-0.4, -0.2) is 49.4 Å². The van der Waals surface area contributed by atoms with Crippen LogP contribution in [0.5, 0.6) is 0 Å². The van der Waals surface area contributed by atoms with Gasteiger partial charge in [-0.2, -0.15) is 0 Å². The molecule has 0 saturated carbocycles. The van der Waals surface area contributed by atoms with Gasteiger partial charge in [-0.25, -0.2) is 0 Å². The molecule has 5 heteroatoms. The fourth-order valence-electron chi connectivity index (χ4n) is 1.88. The maximum atomic E-state index is 11.9. The zero-order valence-electron chi connectivity index (χ0n) is 12.2. The summed E-state index contributed by atoms with van der Waals surface area (Å²) in [5.74, 6) is 1.11. The molecule has 1 amide bonds. The van der Waals surface area contributed by atoms with E-state index < -0.39 is 0 Å². The van der Waals surface area contributed by atoms with E-state index in [0.29, 0.717) is 13.0 Å². The third-order valence-electron chi connectivity index (χ3n) is 3.24. The Kier molecular flexibility index (Phi) is 6.59. The Morgan fingerprint density at radius 1 is 1.37 bits per heavy atom. The van der Waals surface area contributed by atoms with E-state index in [9.17, 15) is 4.79 Å². The van der Waals surface area contributed by atoms with Crippen LogP contribution in [0.4, 0.5) is 0 Å². The molecule has 0 saturated heterocycles. The molecule has 0 unspecified atom stereocenters. The van der Waals surface area contributed by atoms with Gasteiger partial charge in [-0.05, 0) is 33.0 Å². The highest BCUT2D eigenvalue weighted by Crippen LogP contribution is 2.11. The van der Waals surface area contributed by atoms with Crippen molar-refractivity contribution in [1.29, 1.82) is 0 Å². The average molecular weight is 267 g/mol. The van der Waals surface area contributed by atoms with E-state index in [1.54, 1.807) is 11.2 Å². The Morgan fingerprint density at radius 2 is 2.11 bits per heavy atom. The van der Waals surface area contributed by atoms with E-state index in [1.807, 2.05) is 27.1 Å². The molecule has 5 nitrogen and oxygen atoms in total. The number of hydrogen-bond donors (Lipinski definition) is 1. The van der Waals surface area contributed by atoms with E-state index in [2.05, 4.69) is 4.90 Å². The summed E-state index contributed by atoms with van der Waals surface area (Å²) in [5, 5.41) is 0. The van der Waals surface area contributed by atoms with E-state index in [-0.39, 0.29) is 5.91 Å². The second kappa shape index (κ2) is 7.96. The predicted molar refractivity (Wildman–Crippen MR) is 75.7 cm³/mol. The number of carbonyl (C=O) groups excluding carboxylic acids is 1. The van der Waals surface area contributed by atoms with Crippen LogP contribution in [0.2, 0.25) is 0 Å². The quantitative estimate of drug-likeness (QED) is 0.769. The summed E-state index contributed by atoms with van der Waals surface area (Å²) in [5.41, 5.74) is 6.61. The smallest absolute Gasteiger partial charge is 0.223 e. The van der Waals surface area contributed by atoms with Gasteiger partial charge in [0.15, 0.2) is 0 Å². The highest BCUT2D eigenvalue weighted by Gasteiger charge is 2.11. The highest BCUT2D eigenvalue weighted by molar-refractivity contribution is 5.76. The van der Waals surface area contributed by atoms with Crippen molar-refractivity contribution in [2.45, 2.75) is 26.3 Å². The molecule has 0 radical (unpaired) electrons. The topological polar surface area (TPSA) is 62.7 Å². The molecule has 108 valence electrons. The number of furan rings is 1. The molecule has 0 bridgehead atoms. The lowest BCUT2D eigenvalue weighted by molar-refractivity contribution is -0.130. The van der Waals surface area contributed by atoms with Crippen LogP contribution in [0.1, 0.15) is 24.2 Å². The van der Waals surface area contributed by atoms with Crippen molar-refractivity contribution in [1.82, 2.24) is 9.80 Å². The first-order chi connectivity index (χ1) is 9.04. The maximum absolute atomic E-state index is 11.9. The number of carbonyl (C=O) groups is 1. The fraction of sp³-hybridized carbons (Fsp3) is 0.643. The third-order valence-corrected chi connectivity index (χ3v) is 3.24. The fourth-order valence-corrected chi connectivity index (χ4v) is 1.88.